The van der Waals surface area contributed by atoms with Crippen LogP contribution in [0.3, 0.4) is 0 Å². The van der Waals surface area contributed by atoms with Gasteiger partial charge in [-0.3, -0.25) is 0 Å². The maximum atomic E-state index is 12.6. The zero-order valence-electron chi connectivity index (χ0n) is 11.6. The first-order valence-corrected chi connectivity index (χ1v) is 6.59. The normalized spacial score (nSPS) is 12.6. The van der Waals surface area contributed by atoms with Crippen LogP contribution in [0, 0.1) is 0 Å². The fraction of sp³-hybridized carbons (Fsp3) is 0.188. The first kappa shape index (κ1) is 12.7. The van der Waals surface area contributed by atoms with Crippen LogP contribution in [0.1, 0.15) is 11.9 Å². The van der Waals surface area contributed by atoms with Crippen LogP contribution >= 0.6 is 0 Å². The van der Waals surface area contributed by atoms with Crippen LogP contribution in [0.15, 0.2) is 54.6 Å². The molecule has 1 unspecified atom stereocenters. The third-order valence-electron chi connectivity index (χ3n) is 3.65. The van der Waals surface area contributed by atoms with Crippen LogP contribution in [0.2, 0.25) is 0 Å². The highest BCUT2D eigenvalue weighted by molar-refractivity contribution is 5.79. The Labute approximate surface area is 117 Å². The monoisotopic (exact) mass is 267 g/mol. The van der Waals surface area contributed by atoms with Gasteiger partial charge in [-0.15, -0.1) is 4.68 Å². The van der Waals surface area contributed by atoms with Crippen molar-refractivity contribution in [2.45, 2.75) is 6.23 Å². The van der Waals surface area contributed by atoms with E-state index in [0.717, 1.165) is 22.3 Å². The highest BCUT2D eigenvalue weighted by atomic mass is 16.3. The summed E-state index contributed by atoms with van der Waals surface area (Å²) in [5.41, 5.74) is 2.63. The molecule has 1 heterocycles. The Morgan fingerprint density at radius 2 is 1.70 bits per heavy atom. The molecule has 3 rings (SSSR count). The first-order valence-electron chi connectivity index (χ1n) is 6.59. The first-order chi connectivity index (χ1) is 9.68. The Bertz CT molecular complexity index is 734. The Balaban J connectivity index is 2.03. The Hall–Kier alpha value is -2.33. The molecule has 4 heteroatoms. The number of hydrogen-bond donors (Lipinski definition) is 1. The van der Waals surface area contributed by atoms with Crippen molar-refractivity contribution in [1.29, 1.82) is 0 Å². The Morgan fingerprint density at radius 1 is 1.05 bits per heavy atom. The molecule has 1 N–H and O–H groups in total. The summed E-state index contributed by atoms with van der Waals surface area (Å²) in [4.78, 5) is 0. The molecule has 0 fully saturated rings. The van der Waals surface area contributed by atoms with Crippen molar-refractivity contribution in [3.05, 3.63) is 60.3 Å². The summed E-state index contributed by atoms with van der Waals surface area (Å²) in [7, 11) is 3.87. The highest BCUT2D eigenvalue weighted by Crippen LogP contribution is 2.22. The molecular weight excluding hydrogens is 250 g/mol. The van der Waals surface area contributed by atoms with Crippen LogP contribution < -0.4 is 15.1 Å². The second-order valence-electron chi connectivity index (χ2n) is 4.84. The van der Waals surface area contributed by atoms with Gasteiger partial charge in [0.1, 0.15) is 0 Å². The van der Waals surface area contributed by atoms with Gasteiger partial charge in [-0.1, -0.05) is 30.3 Å². The SMILES string of the molecule is Cn1c(C([O-])Nc2ccccc2)c2ccccc2[n+]1C. The number of nitrogens with one attached hydrogen (secondary N) is 1. The fourth-order valence-corrected chi connectivity index (χ4v) is 2.53. The summed E-state index contributed by atoms with van der Waals surface area (Å²) in [6.07, 6.45) is -1.01. The van der Waals surface area contributed by atoms with Crippen molar-refractivity contribution in [1.82, 2.24) is 4.68 Å². The van der Waals surface area contributed by atoms with Crippen LogP contribution in [0.4, 0.5) is 5.69 Å². The molecule has 3 aromatic rings. The summed E-state index contributed by atoms with van der Waals surface area (Å²) in [5.74, 6) is 0. The lowest BCUT2D eigenvalue weighted by Gasteiger charge is -2.24. The smallest absolute Gasteiger partial charge is 0.238 e. The van der Waals surface area contributed by atoms with E-state index in [2.05, 4.69) is 5.32 Å². The van der Waals surface area contributed by atoms with Crippen molar-refractivity contribution in [2.24, 2.45) is 14.1 Å². The number of fused-ring (bicyclic) bond motifs is 1. The van der Waals surface area contributed by atoms with Crippen molar-refractivity contribution in [2.75, 3.05) is 5.32 Å². The van der Waals surface area contributed by atoms with E-state index in [1.54, 1.807) is 0 Å². The number of para-hydroxylation sites is 2. The van der Waals surface area contributed by atoms with Crippen LogP contribution in [-0.2, 0) is 14.1 Å². The Morgan fingerprint density at radius 3 is 2.45 bits per heavy atom. The zero-order chi connectivity index (χ0) is 14.1. The second kappa shape index (κ2) is 4.98. The van der Waals surface area contributed by atoms with Crippen LogP contribution in [0.5, 0.6) is 0 Å². The van der Waals surface area contributed by atoms with E-state index in [-0.39, 0.29) is 0 Å². The molecule has 102 valence electrons. The van der Waals surface area contributed by atoms with Gasteiger partial charge < -0.3 is 10.4 Å². The molecule has 0 amide bonds. The van der Waals surface area contributed by atoms with Gasteiger partial charge in [0, 0.05) is 11.8 Å². The van der Waals surface area contributed by atoms with E-state index >= 15 is 0 Å². The van der Waals surface area contributed by atoms with E-state index in [0.29, 0.717) is 0 Å². The minimum absolute atomic E-state index is 0.743. The van der Waals surface area contributed by atoms with Crippen molar-refractivity contribution in [3.8, 4) is 0 Å². The standard InChI is InChI=1S/C16H17N3O/c1-18-14-11-7-6-10-13(14)15(19(18)2)16(20)17-12-8-4-3-5-9-12/h3-11,16-17H,1-2H3. The van der Waals surface area contributed by atoms with Crippen molar-refractivity contribution >= 4 is 16.6 Å². The number of rotatable bonds is 3. The molecule has 1 aromatic heterocycles. The van der Waals surface area contributed by atoms with Gasteiger partial charge in [0.05, 0.1) is 18.1 Å². The van der Waals surface area contributed by atoms with E-state index in [9.17, 15) is 5.11 Å². The third kappa shape index (κ3) is 2.04. The molecule has 20 heavy (non-hydrogen) atoms. The van der Waals surface area contributed by atoms with E-state index in [1.807, 2.05) is 78.1 Å². The molecular formula is C16H17N3O. The number of hydrogen-bond acceptors (Lipinski definition) is 2. The summed E-state index contributed by atoms with van der Waals surface area (Å²) >= 11 is 0. The quantitative estimate of drug-likeness (QED) is 0.577. The van der Waals surface area contributed by atoms with Gasteiger partial charge >= 0.3 is 0 Å². The molecule has 4 nitrogen and oxygen atoms in total. The molecule has 0 radical (unpaired) electrons. The minimum atomic E-state index is -1.01. The van der Waals surface area contributed by atoms with Crippen LogP contribution in [-0.4, -0.2) is 4.68 Å². The molecule has 2 aromatic carbocycles. The topological polar surface area (TPSA) is 43.9 Å². The van der Waals surface area contributed by atoms with E-state index in [1.165, 1.54) is 0 Å². The molecule has 0 saturated heterocycles. The van der Waals surface area contributed by atoms with E-state index in [4.69, 9.17) is 0 Å². The predicted molar refractivity (Wildman–Crippen MR) is 76.9 cm³/mol. The minimum Gasteiger partial charge on any atom is -0.832 e. The molecule has 0 aliphatic carbocycles. The van der Waals surface area contributed by atoms with Gasteiger partial charge in [-0.05, 0) is 24.4 Å². The average molecular weight is 267 g/mol. The van der Waals surface area contributed by atoms with Gasteiger partial charge in [0.15, 0.2) is 7.05 Å². The largest absolute Gasteiger partial charge is 0.832 e. The van der Waals surface area contributed by atoms with Crippen LogP contribution in [0.25, 0.3) is 10.9 Å². The number of aromatic nitrogens is 2. The second-order valence-corrected chi connectivity index (χ2v) is 4.84. The summed E-state index contributed by atoms with van der Waals surface area (Å²) in [6.45, 7) is 0. The lowest BCUT2D eigenvalue weighted by molar-refractivity contribution is -0.729. The van der Waals surface area contributed by atoms with Crippen molar-refractivity contribution < 1.29 is 9.79 Å². The number of aryl methyl sites for hydroxylation is 1. The zero-order valence-corrected chi connectivity index (χ0v) is 11.6. The number of anilines is 1. The number of nitrogens with zero attached hydrogens (tertiary/aromatic N) is 2. The maximum Gasteiger partial charge on any atom is 0.238 e. The molecule has 0 saturated carbocycles. The summed E-state index contributed by atoms with van der Waals surface area (Å²) in [5, 5.41) is 16.6. The lowest BCUT2D eigenvalue weighted by Crippen LogP contribution is -2.40. The van der Waals surface area contributed by atoms with Gasteiger partial charge in [0.25, 0.3) is 0 Å². The third-order valence-corrected chi connectivity index (χ3v) is 3.65. The summed E-state index contributed by atoms with van der Waals surface area (Å²) in [6, 6.07) is 17.5. The van der Waals surface area contributed by atoms with Gasteiger partial charge in [-0.25, -0.2) is 0 Å². The maximum absolute atomic E-state index is 12.6. The fourth-order valence-electron chi connectivity index (χ4n) is 2.53. The van der Waals surface area contributed by atoms with Gasteiger partial charge in [-0.2, -0.15) is 4.68 Å². The van der Waals surface area contributed by atoms with Gasteiger partial charge in [0.2, 0.25) is 5.52 Å². The van der Waals surface area contributed by atoms with Crippen molar-refractivity contribution in [3.63, 3.8) is 0 Å². The molecule has 0 bridgehead atoms. The average Bonchev–Trinajstić information content (AvgIpc) is 2.72. The Kier molecular flexibility index (Phi) is 3.16. The summed E-state index contributed by atoms with van der Waals surface area (Å²) < 4.78 is 3.89. The predicted octanol–water partition coefficient (Wildman–Crippen LogP) is 1.47. The molecule has 0 aliphatic heterocycles. The number of benzene rings is 2. The molecule has 0 spiro atoms. The molecule has 1 atom stereocenters. The van der Waals surface area contributed by atoms with E-state index < -0.39 is 6.23 Å². The lowest BCUT2D eigenvalue weighted by atomic mass is 10.2. The molecule has 0 aliphatic rings. The highest BCUT2D eigenvalue weighted by Gasteiger charge is 2.19.